The Balaban J connectivity index is 2.37. The summed E-state index contributed by atoms with van der Waals surface area (Å²) in [4.78, 5) is 11.9. The standard InChI is InChI=1S/C14H28N2O/c1-3-11(2)9-14(17)16-13(10-15)12-7-5-4-6-8-12/h11-13H,3-10,15H2,1-2H3,(H,16,17). The Morgan fingerprint density at radius 3 is 2.53 bits per heavy atom. The Labute approximate surface area is 106 Å². The zero-order valence-electron chi connectivity index (χ0n) is 11.4. The molecule has 0 aromatic heterocycles. The zero-order chi connectivity index (χ0) is 12.7. The predicted molar refractivity (Wildman–Crippen MR) is 71.6 cm³/mol. The number of nitrogens with two attached hydrogens (primary N) is 1. The van der Waals surface area contributed by atoms with Crippen LogP contribution in [0.2, 0.25) is 0 Å². The second-order valence-corrected chi connectivity index (χ2v) is 5.53. The van der Waals surface area contributed by atoms with Gasteiger partial charge in [-0.25, -0.2) is 0 Å². The third kappa shape index (κ3) is 5.07. The molecule has 1 saturated carbocycles. The topological polar surface area (TPSA) is 55.1 Å². The van der Waals surface area contributed by atoms with Crippen molar-refractivity contribution in [1.82, 2.24) is 5.32 Å². The molecule has 100 valence electrons. The van der Waals surface area contributed by atoms with Gasteiger partial charge in [-0.3, -0.25) is 4.79 Å². The lowest BCUT2D eigenvalue weighted by molar-refractivity contribution is -0.123. The number of carbonyl (C=O) groups excluding carboxylic acids is 1. The largest absolute Gasteiger partial charge is 0.352 e. The van der Waals surface area contributed by atoms with Crippen molar-refractivity contribution in [1.29, 1.82) is 0 Å². The fraction of sp³-hybridized carbons (Fsp3) is 0.929. The van der Waals surface area contributed by atoms with E-state index < -0.39 is 0 Å². The molecule has 1 aliphatic carbocycles. The lowest BCUT2D eigenvalue weighted by Crippen LogP contribution is -2.46. The van der Waals surface area contributed by atoms with Crippen LogP contribution in [0.5, 0.6) is 0 Å². The smallest absolute Gasteiger partial charge is 0.220 e. The Morgan fingerprint density at radius 2 is 2.00 bits per heavy atom. The molecule has 1 fully saturated rings. The first-order valence-corrected chi connectivity index (χ1v) is 7.16. The van der Waals surface area contributed by atoms with Crippen LogP contribution in [0, 0.1) is 11.8 Å². The molecule has 2 unspecified atom stereocenters. The van der Waals surface area contributed by atoms with E-state index in [1.54, 1.807) is 0 Å². The number of amides is 1. The molecule has 0 aromatic rings. The van der Waals surface area contributed by atoms with Gasteiger partial charge in [-0.2, -0.15) is 0 Å². The molecule has 1 rings (SSSR count). The summed E-state index contributed by atoms with van der Waals surface area (Å²) in [7, 11) is 0. The summed E-state index contributed by atoms with van der Waals surface area (Å²) in [5, 5.41) is 3.14. The minimum atomic E-state index is 0.181. The first-order chi connectivity index (χ1) is 8.17. The molecule has 3 heteroatoms. The van der Waals surface area contributed by atoms with Gasteiger partial charge in [-0.1, -0.05) is 39.5 Å². The summed E-state index contributed by atoms with van der Waals surface area (Å²) in [6.45, 7) is 4.83. The summed E-state index contributed by atoms with van der Waals surface area (Å²) in [5.74, 6) is 1.26. The molecule has 0 bridgehead atoms. The van der Waals surface area contributed by atoms with E-state index in [4.69, 9.17) is 5.73 Å². The van der Waals surface area contributed by atoms with Gasteiger partial charge in [0.25, 0.3) is 0 Å². The van der Waals surface area contributed by atoms with Gasteiger partial charge in [0, 0.05) is 19.0 Å². The van der Waals surface area contributed by atoms with Crippen LogP contribution in [0.1, 0.15) is 58.8 Å². The number of rotatable bonds is 6. The molecule has 17 heavy (non-hydrogen) atoms. The van der Waals surface area contributed by atoms with Crippen molar-refractivity contribution in [3.8, 4) is 0 Å². The van der Waals surface area contributed by atoms with Crippen molar-refractivity contribution in [3.05, 3.63) is 0 Å². The van der Waals surface area contributed by atoms with Crippen LogP contribution in [0.3, 0.4) is 0 Å². The molecule has 3 nitrogen and oxygen atoms in total. The quantitative estimate of drug-likeness (QED) is 0.749. The minimum absolute atomic E-state index is 0.181. The van der Waals surface area contributed by atoms with Crippen molar-refractivity contribution < 1.29 is 4.79 Å². The van der Waals surface area contributed by atoms with Gasteiger partial charge in [-0.05, 0) is 24.7 Å². The average Bonchev–Trinajstić information content (AvgIpc) is 2.36. The SMILES string of the molecule is CCC(C)CC(=O)NC(CN)C1CCCCC1. The molecule has 0 saturated heterocycles. The second kappa shape index (κ2) is 7.70. The van der Waals surface area contributed by atoms with Crippen LogP contribution in [-0.2, 0) is 4.79 Å². The van der Waals surface area contributed by atoms with E-state index in [1.807, 2.05) is 0 Å². The first kappa shape index (κ1) is 14.5. The molecule has 2 atom stereocenters. The normalized spacial score (nSPS) is 20.9. The Morgan fingerprint density at radius 1 is 1.35 bits per heavy atom. The first-order valence-electron chi connectivity index (χ1n) is 7.16. The van der Waals surface area contributed by atoms with Gasteiger partial charge in [0.1, 0.15) is 0 Å². The predicted octanol–water partition coefficient (Wildman–Crippen LogP) is 2.45. The maximum Gasteiger partial charge on any atom is 0.220 e. The van der Waals surface area contributed by atoms with E-state index in [0.29, 0.717) is 24.8 Å². The number of hydrogen-bond donors (Lipinski definition) is 2. The molecule has 1 amide bonds. The van der Waals surface area contributed by atoms with E-state index >= 15 is 0 Å². The molecule has 0 heterocycles. The fourth-order valence-electron chi connectivity index (χ4n) is 2.63. The fourth-order valence-corrected chi connectivity index (χ4v) is 2.63. The van der Waals surface area contributed by atoms with Gasteiger partial charge in [-0.15, -0.1) is 0 Å². The van der Waals surface area contributed by atoms with Crippen LogP contribution in [0.4, 0.5) is 0 Å². The van der Waals surface area contributed by atoms with E-state index in [1.165, 1.54) is 32.1 Å². The molecular formula is C14H28N2O. The van der Waals surface area contributed by atoms with Crippen molar-refractivity contribution in [2.75, 3.05) is 6.54 Å². The third-order valence-electron chi connectivity index (χ3n) is 4.05. The third-order valence-corrected chi connectivity index (χ3v) is 4.05. The van der Waals surface area contributed by atoms with Crippen LogP contribution < -0.4 is 11.1 Å². The van der Waals surface area contributed by atoms with Crippen LogP contribution in [-0.4, -0.2) is 18.5 Å². The molecular weight excluding hydrogens is 212 g/mol. The summed E-state index contributed by atoms with van der Waals surface area (Å²) in [6, 6.07) is 0.201. The minimum Gasteiger partial charge on any atom is -0.352 e. The Bertz CT molecular complexity index is 224. The summed E-state index contributed by atoms with van der Waals surface area (Å²) in [6.07, 6.45) is 8.08. The van der Waals surface area contributed by atoms with Crippen molar-refractivity contribution in [2.45, 2.75) is 64.8 Å². The summed E-state index contributed by atoms with van der Waals surface area (Å²) >= 11 is 0. The van der Waals surface area contributed by atoms with Crippen molar-refractivity contribution in [3.63, 3.8) is 0 Å². The van der Waals surface area contributed by atoms with Gasteiger partial charge < -0.3 is 11.1 Å². The summed E-state index contributed by atoms with van der Waals surface area (Å²) in [5.41, 5.74) is 5.80. The molecule has 0 aliphatic heterocycles. The molecule has 0 spiro atoms. The van der Waals surface area contributed by atoms with Crippen LogP contribution >= 0.6 is 0 Å². The lowest BCUT2D eigenvalue weighted by atomic mass is 9.84. The van der Waals surface area contributed by atoms with Crippen LogP contribution in [0.25, 0.3) is 0 Å². The highest BCUT2D eigenvalue weighted by molar-refractivity contribution is 5.76. The highest BCUT2D eigenvalue weighted by Crippen LogP contribution is 2.26. The van der Waals surface area contributed by atoms with Gasteiger partial charge in [0.2, 0.25) is 5.91 Å². The number of hydrogen-bond acceptors (Lipinski definition) is 2. The number of carbonyl (C=O) groups is 1. The van der Waals surface area contributed by atoms with E-state index in [9.17, 15) is 4.79 Å². The molecule has 0 aromatic carbocycles. The van der Waals surface area contributed by atoms with E-state index in [-0.39, 0.29) is 11.9 Å². The zero-order valence-corrected chi connectivity index (χ0v) is 11.4. The summed E-state index contributed by atoms with van der Waals surface area (Å²) < 4.78 is 0. The lowest BCUT2D eigenvalue weighted by Gasteiger charge is -2.30. The molecule has 3 N–H and O–H groups in total. The second-order valence-electron chi connectivity index (χ2n) is 5.53. The van der Waals surface area contributed by atoms with Crippen LogP contribution in [0.15, 0.2) is 0 Å². The Kier molecular flexibility index (Phi) is 6.56. The van der Waals surface area contributed by atoms with Crippen molar-refractivity contribution in [2.24, 2.45) is 17.6 Å². The van der Waals surface area contributed by atoms with Gasteiger partial charge in [0.05, 0.1) is 0 Å². The van der Waals surface area contributed by atoms with Gasteiger partial charge in [0.15, 0.2) is 0 Å². The van der Waals surface area contributed by atoms with E-state index in [0.717, 1.165) is 6.42 Å². The van der Waals surface area contributed by atoms with E-state index in [2.05, 4.69) is 19.2 Å². The maximum absolute atomic E-state index is 11.9. The highest BCUT2D eigenvalue weighted by Gasteiger charge is 2.24. The molecule has 0 radical (unpaired) electrons. The Hall–Kier alpha value is -0.570. The van der Waals surface area contributed by atoms with Gasteiger partial charge >= 0.3 is 0 Å². The average molecular weight is 240 g/mol. The number of nitrogens with one attached hydrogen (secondary N) is 1. The maximum atomic E-state index is 11.9. The van der Waals surface area contributed by atoms with Crippen molar-refractivity contribution >= 4 is 5.91 Å². The monoisotopic (exact) mass is 240 g/mol. The highest BCUT2D eigenvalue weighted by atomic mass is 16.1. The molecule has 1 aliphatic rings.